The summed E-state index contributed by atoms with van der Waals surface area (Å²) in [6.45, 7) is 10.0. The summed E-state index contributed by atoms with van der Waals surface area (Å²) in [5.41, 5.74) is 2.72. The highest BCUT2D eigenvalue weighted by Crippen LogP contribution is 2.35. The number of nitrogens with zero attached hydrogens (tertiary/aromatic N) is 1. The van der Waals surface area contributed by atoms with Crippen molar-refractivity contribution < 1.29 is 4.74 Å². The van der Waals surface area contributed by atoms with Crippen LogP contribution in [-0.4, -0.2) is 38.2 Å². The van der Waals surface area contributed by atoms with E-state index in [1.165, 1.54) is 11.1 Å². The fourth-order valence-corrected chi connectivity index (χ4v) is 2.83. The molecule has 0 saturated heterocycles. The van der Waals surface area contributed by atoms with Gasteiger partial charge in [-0.05, 0) is 70.6 Å². The minimum absolute atomic E-state index is 0.0779. The molecule has 0 aliphatic carbocycles. The van der Waals surface area contributed by atoms with Crippen LogP contribution in [0.2, 0.25) is 0 Å². The normalized spacial score (nSPS) is 15.8. The maximum Gasteiger partial charge on any atom is 0.119 e. The van der Waals surface area contributed by atoms with Crippen LogP contribution in [0, 0.1) is 6.92 Å². The van der Waals surface area contributed by atoms with Crippen LogP contribution in [0.5, 0.6) is 5.75 Å². The summed E-state index contributed by atoms with van der Waals surface area (Å²) < 4.78 is 5.34. The molecule has 21 heavy (non-hydrogen) atoms. The average Bonchev–Trinajstić information content (AvgIpc) is 2.48. The fraction of sp³-hybridized carbons (Fsp3) is 0.667. The van der Waals surface area contributed by atoms with E-state index in [-0.39, 0.29) is 5.54 Å². The molecule has 0 amide bonds. The zero-order chi connectivity index (χ0) is 16.0. The summed E-state index contributed by atoms with van der Waals surface area (Å²) in [6, 6.07) is 6.71. The fourth-order valence-electron chi connectivity index (χ4n) is 2.83. The van der Waals surface area contributed by atoms with E-state index in [0.717, 1.165) is 25.1 Å². The molecule has 2 unspecified atom stereocenters. The van der Waals surface area contributed by atoms with Gasteiger partial charge in [0, 0.05) is 5.54 Å². The lowest BCUT2D eigenvalue weighted by molar-refractivity contribution is 0.112. The maximum atomic E-state index is 5.34. The molecule has 0 bridgehead atoms. The second-order valence-corrected chi connectivity index (χ2v) is 6.21. The Balaban J connectivity index is 3.24. The second-order valence-electron chi connectivity index (χ2n) is 6.21. The highest BCUT2D eigenvalue weighted by atomic mass is 16.5. The Morgan fingerprint density at radius 2 is 1.95 bits per heavy atom. The van der Waals surface area contributed by atoms with Crippen LogP contribution in [-0.2, 0) is 0 Å². The number of likely N-dealkylation sites (N-methyl/N-ethyl adjacent to an activating group) is 1. The molecule has 3 nitrogen and oxygen atoms in total. The van der Waals surface area contributed by atoms with Gasteiger partial charge in [-0.25, -0.2) is 0 Å². The molecule has 1 aromatic carbocycles. The first-order valence-electron chi connectivity index (χ1n) is 7.96. The molecular weight excluding hydrogens is 260 g/mol. The summed E-state index contributed by atoms with van der Waals surface area (Å²) in [7, 11) is 6.06. The van der Waals surface area contributed by atoms with Crippen LogP contribution in [0.4, 0.5) is 0 Å². The number of methoxy groups -OCH3 is 1. The second kappa shape index (κ2) is 7.81. The van der Waals surface area contributed by atoms with Crippen LogP contribution >= 0.6 is 0 Å². The van der Waals surface area contributed by atoms with Crippen molar-refractivity contribution in [1.82, 2.24) is 10.2 Å². The van der Waals surface area contributed by atoms with Gasteiger partial charge in [-0.2, -0.15) is 0 Å². The summed E-state index contributed by atoms with van der Waals surface area (Å²) in [4.78, 5) is 2.34. The monoisotopic (exact) mass is 292 g/mol. The molecule has 0 fully saturated rings. The van der Waals surface area contributed by atoms with Gasteiger partial charge in [-0.3, -0.25) is 0 Å². The van der Waals surface area contributed by atoms with Gasteiger partial charge in [0.1, 0.15) is 5.75 Å². The molecule has 0 saturated carbocycles. The first kappa shape index (κ1) is 18.0. The van der Waals surface area contributed by atoms with Crippen molar-refractivity contribution in [1.29, 1.82) is 0 Å². The molecule has 0 aliphatic rings. The molecule has 120 valence electrons. The first-order chi connectivity index (χ1) is 9.90. The number of rotatable bonds is 8. The van der Waals surface area contributed by atoms with Crippen molar-refractivity contribution in [2.75, 3.05) is 27.7 Å². The van der Waals surface area contributed by atoms with Gasteiger partial charge >= 0.3 is 0 Å². The van der Waals surface area contributed by atoms with E-state index >= 15 is 0 Å². The third kappa shape index (κ3) is 3.98. The third-order valence-electron chi connectivity index (χ3n) is 4.75. The zero-order valence-corrected chi connectivity index (χ0v) is 14.8. The molecule has 1 N–H and O–H groups in total. The van der Waals surface area contributed by atoms with Crippen molar-refractivity contribution in [3.05, 3.63) is 29.3 Å². The molecule has 0 radical (unpaired) electrons. The lowest BCUT2D eigenvalue weighted by Crippen LogP contribution is -2.51. The van der Waals surface area contributed by atoms with E-state index in [1.807, 2.05) is 0 Å². The molecule has 1 aromatic rings. The molecule has 0 aromatic heterocycles. The van der Waals surface area contributed by atoms with E-state index in [4.69, 9.17) is 4.74 Å². The van der Waals surface area contributed by atoms with Crippen LogP contribution in [0.25, 0.3) is 0 Å². The van der Waals surface area contributed by atoms with Gasteiger partial charge in [-0.1, -0.05) is 19.9 Å². The van der Waals surface area contributed by atoms with Crippen molar-refractivity contribution in [3.63, 3.8) is 0 Å². The highest BCUT2D eigenvalue weighted by Gasteiger charge is 2.36. The third-order valence-corrected chi connectivity index (χ3v) is 4.75. The van der Waals surface area contributed by atoms with Crippen molar-refractivity contribution in [3.8, 4) is 5.75 Å². The van der Waals surface area contributed by atoms with Gasteiger partial charge in [-0.15, -0.1) is 0 Å². The molecule has 0 heterocycles. The van der Waals surface area contributed by atoms with E-state index in [9.17, 15) is 0 Å². The maximum absolute atomic E-state index is 5.34. The predicted molar refractivity (Wildman–Crippen MR) is 91.1 cm³/mol. The number of hydrogen-bond donors (Lipinski definition) is 1. The molecule has 0 aliphatic heterocycles. The Kier molecular flexibility index (Phi) is 6.69. The van der Waals surface area contributed by atoms with Crippen molar-refractivity contribution >= 4 is 0 Å². The lowest BCUT2D eigenvalue weighted by Gasteiger charge is -2.44. The van der Waals surface area contributed by atoms with Crippen LogP contribution in [0.1, 0.15) is 50.8 Å². The topological polar surface area (TPSA) is 24.5 Å². The molecule has 3 heteroatoms. The Morgan fingerprint density at radius 3 is 2.38 bits per heavy atom. The van der Waals surface area contributed by atoms with Crippen LogP contribution in [0.15, 0.2) is 18.2 Å². The number of ether oxygens (including phenoxy) is 1. The zero-order valence-electron chi connectivity index (χ0n) is 14.8. The van der Waals surface area contributed by atoms with Gasteiger partial charge in [0.15, 0.2) is 0 Å². The Labute approximate surface area is 130 Å². The molecule has 0 spiro atoms. The Hall–Kier alpha value is -1.06. The smallest absolute Gasteiger partial charge is 0.119 e. The van der Waals surface area contributed by atoms with Crippen LogP contribution in [0.3, 0.4) is 0 Å². The van der Waals surface area contributed by atoms with Crippen molar-refractivity contribution in [2.45, 2.75) is 52.1 Å². The summed E-state index contributed by atoms with van der Waals surface area (Å²) in [5.74, 6) is 0.925. The number of nitrogens with one attached hydrogen (secondary N) is 1. The van der Waals surface area contributed by atoms with Gasteiger partial charge < -0.3 is 15.0 Å². The Morgan fingerprint density at radius 1 is 1.29 bits per heavy atom. The average molecular weight is 292 g/mol. The largest absolute Gasteiger partial charge is 0.497 e. The minimum atomic E-state index is 0.0779. The minimum Gasteiger partial charge on any atom is -0.497 e. The summed E-state index contributed by atoms with van der Waals surface area (Å²) >= 11 is 0. The van der Waals surface area contributed by atoms with Gasteiger partial charge in [0.05, 0.1) is 13.2 Å². The van der Waals surface area contributed by atoms with Gasteiger partial charge in [0.2, 0.25) is 0 Å². The number of benzene rings is 1. The van der Waals surface area contributed by atoms with E-state index in [1.54, 1.807) is 7.11 Å². The summed E-state index contributed by atoms with van der Waals surface area (Å²) in [6.07, 6.45) is 2.23. The van der Waals surface area contributed by atoms with E-state index in [0.29, 0.717) is 6.04 Å². The quantitative estimate of drug-likeness (QED) is 0.789. The SMILES string of the molecule is CCCNC(c1ccc(OC)cc1C)C(C)(CC)N(C)C. The van der Waals surface area contributed by atoms with Crippen molar-refractivity contribution in [2.24, 2.45) is 0 Å². The molecule has 1 rings (SSSR count). The predicted octanol–water partition coefficient (Wildman–Crippen LogP) is 3.77. The molecular formula is C18H32N2O. The van der Waals surface area contributed by atoms with E-state index in [2.05, 4.69) is 70.2 Å². The lowest BCUT2D eigenvalue weighted by atomic mass is 9.81. The Bertz CT molecular complexity index is 445. The van der Waals surface area contributed by atoms with Gasteiger partial charge in [0.25, 0.3) is 0 Å². The first-order valence-corrected chi connectivity index (χ1v) is 7.96. The number of aryl methyl sites for hydroxylation is 1. The van der Waals surface area contributed by atoms with Crippen LogP contribution < -0.4 is 10.1 Å². The summed E-state index contributed by atoms with van der Waals surface area (Å²) in [5, 5.41) is 3.75. The highest BCUT2D eigenvalue weighted by molar-refractivity contribution is 5.38. The number of hydrogen-bond acceptors (Lipinski definition) is 3. The van der Waals surface area contributed by atoms with E-state index < -0.39 is 0 Å². The standard InChI is InChI=1S/C18H32N2O/c1-8-12-19-17(18(4,9-2)20(5)6)16-11-10-15(21-7)13-14(16)3/h10-11,13,17,19H,8-9,12H2,1-7H3. The molecule has 2 atom stereocenters.